The van der Waals surface area contributed by atoms with E-state index >= 15 is 0 Å². The van der Waals surface area contributed by atoms with Crippen LogP contribution in [-0.4, -0.2) is 79.7 Å². The molecule has 0 aromatic rings. The Morgan fingerprint density at radius 2 is 2.05 bits per heavy atom. The van der Waals surface area contributed by atoms with Crippen molar-refractivity contribution in [3.05, 3.63) is 0 Å². The molecule has 0 aromatic heterocycles. The molecule has 0 aromatic carbocycles. The van der Waals surface area contributed by atoms with Crippen molar-refractivity contribution in [3.8, 4) is 0 Å². The second-order valence-corrected chi connectivity index (χ2v) is 5.44. The molecular weight excluding hydrogens is 264 g/mol. The molecule has 2 amide bonds. The van der Waals surface area contributed by atoms with Crippen LogP contribution in [0.2, 0.25) is 0 Å². The molecule has 1 fully saturated rings. The Bertz CT molecular complexity index is 327. The van der Waals surface area contributed by atoms with Gasteiger partial charge in [-0.1, -0.05) is 0 Å². The van der Waals surface area contributed by atoms with E-state index in [0.29, 0.717) is 18.3 Å². The van der Waals surface area contributed by atoms with Crippen LogP contribution in [0.5, 0.6) is 0 Å². The summed E-state index contributed by atoms with van der Waals surface area (Å²) in [5.74, 6) is -0.0956. The number of hydrogen-bond acceptors (Lipinski definition) is 5. The van der Waals surface area contributed by atoms with Crippen LogP contribution >= 0.6 is 12.6 Å². The molecule has 2 atom stereocenters. The Morgan fingerprint density at radius 1 is 1.37 bits per heavy atom. The molecule has 2 unspecified atom stereocenters. The molecule has 0 aliphatic carbocycles. The summed E-state index contributed by atoms with van der Waals surface area (Å²) in [5, 5.41) is 5.47. The average molecular weight is 288 g/mol. The van der Waals surface area contributed by atoms with Crippen LogP contribution in [-0.2, 0) is 9.59 Å². The van der Waals surface area contributed by atoms with E-state index in [2.05, 4.69) is 47.2 Å². The minimum absolute atomic E-state index is 0.174. The lowest BCUT2D eigenvalue weighted by atomic mass is 10.2. The van der Waals surface area contributed by atoms with Gasteiger partial charge in [-0.25, -0.2) is 0 Å². The second-order valence-electron chi connectivity index (χ2n) is 5.08. The molecule has 1 aliphatic rings. The molecular formula is C12H24N4O2S. The quantitative estimate of drug-likeness (QED) is 0.555. The van der Waals surface area contributed by atoms with Crippen LogP contribution in [0, 0.1) is 0 Å². The van der Waals surface area contributed by atoms with Gasteiger partial charge in [-0.3, -0.25) is 14.5 Å². The van der Waals surface area contributed by atoms with Gasteiger partial charge in [-0.15, -0.1) is 0 Å². The summed E-state index contributed by atoms with van der Waals surface area (Å²) in [6.45, 7) is 4.96. The van der Waals surface area contributed by atoms with Gasteiger partial charge in [0, 0.05) is 44.9 Å². The molecule has 0 spiro atoms. The Labute approximate surface area is 120 Å². The number of hydrogen-bond donors (Lipinski definition) is 3. The first-order chi connectivity index (χ1) is 8.93. The van der Waals surface area contributed by atoms with Crippen molar-refractivity contribution in [1.82, 2.24) is 20.4 Å². The molecule has 0 bridgehead atoms. The second kappa shape index (κ2) is 7.72. The van der Waals surface area contributed by atoms with Gasteiger partial charge in [0.2, 0.25) is 11.8 Å². The van der Waals surface area contributed by atoms with Gasteiger partial charge in [0.1, 0.15) is 6.04 Å². The van der Waals surface area contributed by atoms with Gasteiger partial charge in [-0.2, -0.15) is 12.6 Å². The largest absolute Gasteiger partial charge is 0.353 e. The van der Waals surface area contributed by atoms with Gasteiger partial charge in [0.05, 0.1) is 0 Å². The van der Waals surface area contributed by atoms with Gasteiger partial charge in [0.15, 0.2) is 0 Å². The lowest BCUT2D eigenvalue weighted by molar-refractivity contribution is -0.127. The Hall–Kier alpha value is -0.790. The molecule has 0 saturated carbocycles. The van der Waals surface area contributed by atoms with E-state index in [1.807, 2.05) is 0 Å². The molecule has 6 nitrogen and oxygen atoms in total. The number of thiol groups is 1. The number of rotatable bonds is 5. The molecule has 1 heterocycles. The SMILES string of the molecule is CC(=O)NC(CS)C(=O)NCC1CN(C)CCN1C. The predicted molar refractivity (Wildman–Crippen MR) is 78.4 cm³/mol. The van der Waals surface area contributed by atoms with Crippen molar-refractivity contribution in [2.24, 2.45) is 0 Å². The van der Waals surface area contributed by atoms with Gasteiger partial charge < -0.3 is 15.5 Å². The molecule has 1 rings (SSSR count). The van der Waals surface area contributed by atoms with E-state index < -0.39 is 6.04 Å². The number of carbonyl (C=O) groups is 2. The van der Waals surface area contributed by atoms with Crippen LogP contribution in [0.1, 0.15) is 6.92 Å². The first kappa shape index (κ1) is 16.3. The van der Waals surface area contributed by atoms with E-state index in [9.17, 15) is 9.59 Å². The zero-order chi connectivity index (χ0) is 14.4. The Balaban J connectivity index is 2.41. The molecule has 19 heavy (non-hydrogen) atoms. The molecule has 2 N–H and O–H groups in total. The number of amides is 2. The Morgan fingerprint density at radius 3 is 2.63 bits per heavy atom. The monoisotopic (exact) mass is 288 g/mol. The van der Waals surface area contributed by atoms with E-state index in [-0.39, 0.29) is 11.8 Å². The fourth-order valence-electron chi connectivity index (χ4n) is 2.10. The Kier molecular flexibility index (Phi) is 6.60. The summed E-state index contributed by atoms with van der Waals surface area (Å²) < 4.78 is 0. The van der Waals surface area contributed by atoms with Crippen molar-refractivity contribution in [3.63, 3.8) is 0 Å². The van der Waals surface area contributed by atoms with Crippen LogP contribution in [0.4, 0.5) is 0 Å². The third-order valence-electron chi connectivity index (χ3n) is 3.37. The molecule has 7 heteroatoms. The topological polar surface area (TPSA) is 64.7 Å². The van der Waals surface area contributed by atoms with E-state index in [0.717, 1.165) is 19.6 Å². The number of likely N-dealkylation sites (N-methyl/N-ethyl adjacent to an activating group) is 2. The van der Waals surface area contributed by atoms with Crippen molar-refractivity contribution in [1.29, 1.82) is 0 Å². The van der Waals surface area contributed by atoms with E-state index in [4.69, 9.17) is 0 Å². The smallest absolute Gasteiger partial charge is 0.243 e. The normalized spacial score (nSPS) is 22.8. The molecule has 1 saturated heterocycles. The van der Waals surface area contributed by atoms with Crippen LogP contribution in [0.3, 0.4) is 0 Å². The van der Waals surface area contributed by atoms with Gasteiger partial charge in [0.25, 0.3) is 0 Å². The highest BCUT2D eigenvalue weighted by molar-refractivity contribution is 7.80. The minimum atomic E-state index is -0.563. The van der Waals surface area contributed by atoms with Crippen molar-refractivity contribution in [2.45, 2.75) is 19.0 Å². The third-order valence-corrected chi connectivity index (χ3v) is 3.73. The third kappa shape index (κ3) is 5.38. The van der Waals surface area contributed by atoms with Crippen LogP contribution < -0.4 is 10.6 Å². The number of nitrogens with zero attached hydrogens (tertiary/aromatic N) is 2. The maximum atomic E-state index is 11.9. The maximum absolute atomic E-state index is 11.9. The van der Waals surface area contributed by atoms with Crippen LogP contribution in [0.15, 0.2) is 0 Å². The average Bonchev–Trinajstić information content (AvgIpc) is 2.36. The number of piperazine rings is 1. The molecule has 1 aliphatic heterocycles. The lowest BCUT2D eigenvalue weighted by Crippen LogP contribution is -2.56. The fraction of sp³-hybridized carbons (Fsp3) is 0.833. The maximum Gasteiger partial charge on any atom is 0.243 e. The lowest BCUT2D eigenvalue weighted by Gasteiger charge is -2.37. The first-order valence-corrected chi connectivity index (χ1v) is 7.11. The summed E-state index contributed by atoms with van der Waals surface area (Å²) in [6.07, 6.45) is 0. The summed E-state index contributed by atoms with van der Waals surface area (Å²) >= 11 is 4.09. The van der Waals surface area contributed by atoms with E-state index in [1.54, 1.807) is 0 Å². The summed E-state index contributed by atoms with van der Waals surface area (Å²) in [4.78, 5) is 27.4. The highest BCUT2D eigenvalue weighted by atomic mass is 32.1. The van der Waals surface area contributed by atoms with E-state index in [1.165, 1.54) is 6.92 Å². The first-order valence-electron chi connectivity index (χ1n) is 6.48. The highest BCUT2D eigenvalue weighted by Crippen LogP contribution is 2.04. The van der Waals surface area contributed by atoms with Crippen molar-refractivity contribution in [2.75, 3.05) is 46.0 Å². The number of nitrogens with one attached hydrogen (secondary N) is 2. The summed E-state index contributed by atoms with van der Waals surface area (Å²) in [5.41, 5.74) is 0. The molecule has 0 radical (unpaired) electrons. The summed E-state index contributed by atoms with van der Waals surface area (Å²) in [6, 6.07) is -0.256. The fourth-order valence-corrected chi connectivity index (χ4v) is 2.36. The van der Waals surface area contributed by atoms with Gasteiger partial charge >= 0.3 is 0 Å². The van der Waals surface area contributed by atoms with Crippen LogP contribution in [0.25, 0.3) is 0 Å². The standard InChI is InChI=1S/C12H24N4O2S/c1-9(17)14-11(8-19)12(18)13-6-10-7-15(2)4-5-16(10)3/h10-11,19H,4-8H2,1-3H3,(H,13,18)(H,14,17). The summed E-state index contributed by atoms with van der Waals surface area (Å²) in [7, 11) is 4.14. The number of carbonyl (C=O) groups excluding carboxylic acids is 2. The van der Waals surface area contributed by atoms with Crippen molar-refractivity contribution < 1.29 is 9.59 Å². The van der Waals surface area contributed by atoms with Gasteiger partial charge in [-0.05, 0) is 14.1 Å². The molecule has 110 valence electrons. The van der Waals surface area contributed by atoms with Crippen molar-refractivity contribution >= 4 is 24.4 Å². The zero-order valence-electron chi connectivity index (χ0n) is 11.8. The highest BCUT2D eigenvalue weighted by Gasteiger charge is 2.24. The zero-order valence-corrected chi connectivity index (χ0v) is 12.7. The minimum Gasteiger partial charge on any atom is -0.353 e. The predicted octanol–water partition coefficient (Wildman–Crippen LogP) is -1.22.